The molecular weight excluding hydrogens is 324 g/mol. The minimum atomic E-state index is -0.523. The predicted octanol–water partition coefficient (Wildman–Crippen LogP) is -0.204. The van der Waals surface area contributed by atoms with Crippen molar-refractivity contribution in [1.29, 1.82) is 0 Å². The molecule has 1 aliphatic heterocycles. The highest BCUT2D eigenvalue weighted by Crippen LogP contribution is 2.26. The van der Waals surface area contributed by atoms with Gasteiger partial charge >= 0.3 is 0 Å². The van der Waals surface area contributed by atoms with Crippen LogP contribution in [0.1, 0.15) is 30.5 Å². The molecule has 1 aliphatic rings. The number of hydrogen-bond donors (Lipinski definition) is 2. The van der Waals surface area contributed by atoms with Crippen LogP contribution in [-0.4, -0.2) is 61.0 Å². The van der Waals surface area contributed by atoms with Crippen LogP contribution in [0.15, 0.2) is 18.3 Å². The van der Waals surface area contributed by atoms with Crippen molar-refractivity contribution in [3.8, 4) is 0 Å². The zero-order valence-corrected chi connectivity index (χ0v) is 14.6. The third-order valence-electron chi connectivity index (χ3n) is 4.06. The fourth-order valence-electron chi connectivity index (χ4n) is 2.73. The molecule has 8 heteroatoms. The van der Waals surface area contributed by atoms with E-state index in [1.807, 2.05) is 6.07 Å². The molecule has 1 aromatic rings. The third kappa shape index (κ3) is 5.25. The highest BCUT2D eigenvalue weighted by Gasteiger charge is 2.32. The maximum atomic E-state index is 12.5. The number of rotatable bonds is 7. The average molecular weight is 348 g/mol. The largest absolute Gasteiger partial charge is 0.383 e. The van der Waals surface area contributed by atoms with Gasteiger partial charge in [-0.25, -0.2) is 0 Å². The lowest BCUT2D eigenvalue weighted by atomic mass is 9.94. The molecule has 0 saturated carbocycles. The van der Waals surface area contributed by atoms with E-state index in [1.54, 1.807) is 24.3 Å². The first kappa shape index (κ1) is 18.9. The Balaban J connectivity index is 1.92. The van der Waals surface area contributed by atoms with E-state index in [0.717, 1.165) is 5.56 Å². The van der Waals surface area contributed by atoms with Crippen LogP contribution in [-0.2, 0) is 25.7 Å². The molecule has 1 unspecified atom stereocenters. The summed E-state index contributed by atoms with van der Waals surface area (Å²) in [5.74, 6) is -0.976. The summed E-state index contributed by atoms with van der Waals surface area (Å²) in [6.45, 7) is 3.37. The second-order valence-corrected chi connectivity index (χ2v) is 5.88. The molecule has 1 aromatic heterocycles. The standard InChI is InChI=1S/C17H24N4O4/c1-12(22)21-10-13-4-3-6-19-16(13)14(11-21)17(24)20-7-5-15(23)18-8-9-25-2/h3-4,6,14H,5,7-11H2,1-2H3,(H,18,23)(H,20,24). The van der Waals surface area contributed by atoms with E-state index < -0.39 is 5.92 Å². The number of pyridine rings is 1. The van der Waals surface area contributed by atoms with Crippen molar-refractivity contribution in [2.45, 2.75) is 25.8 Å². The number of ether oxygens (including phenoxy) is 1. The Kier molecular flexibility index (Phi) is 6.88. The van der Waals surface area contributed by atoms with Crippen molar-refractivity contribution in [3.63, 3.8) is 0 Å². The highest BCUT2D eigenvalue weighted by atomic mass is 16.5. The molecule has 0 aromatic carbocycles. The molecule has 0 aliphatic carbocycles. The number of fused-ring (bicyclic) bond motifs is 1. The third-order valence-corrected chi connectivity index (χ3v) is 4.06. The SMILES string of the molecule is COCCNC(=O)CCNC(=O)C1CN(C(C)=O)Cc2cccnc21. The normalized spacial score (nSPS) is 16.1. The molecule has 0 saturated heterocycles. The zero-order valence-electron chi connectivity index (χ0n) is 14.6. The van der Waals surface area contributed by atoms with E-state index in [4.69, 9.17) is 4.74 Å². The number of nitrogens with zero attached hydrogens (tertiary/aromatic N) is 2. The Hall–Kier alpha value is -2.48. The summed E-state index contributed by atoms with van der Waals surface area (Å²) >= 11 is 0. The van der Waals surface area contributed by atoms with Crippen LogP contribution in [0.4, 0.5) is 0 Å². The first-order chi connectivity index (χ1) is 12.0. The summed E-state index contributed by atoms with van der Waals surface area (Å²) in [4.78, 5) is 41.8. The number of carbonyl (C=O) groups excluding carboxylic acids is 3. The summed E-state index contributed by atoms with van der Waals surface area (Å²) in [6.07, 6.45) is 1.83. The molecule has 0 spiro atoms. The van der Waals surface area contributed by atoms with E-state index in [1.165, 1.54) is 6.92 Å². The smallest absolute Gasteiger partial charge is 0.230 e. The van der Waals surface area contributed by atoms with Crippen molar-refractivity contribution in [3.05, 3.63) is 29.6 Å². The monoisotopic (exact) mass is 348 g/mol. The quantitative estimate of drug-likeness (QED) is 0.665. The lowest BCUT2D eigenvalue weighted by Crippen LogP contribution is -2.44. The summed E-state index contributed by atoms with van der Waals surface area (Å²) in [6, 6.07) is 3.67. The maximum Gasteiger partial charge on any atom is 0.230 e. The minimum Gasteiger partial charge on any atom is -0.383 e. The van der Waals surface area contributed by atoms with Crippen LogP contribution < -0.4 is 10.6 Å². The fraction of sp³-hybridized carbons (Fsp3) is 0.529. The Morgan fingerprint density at radius 3 is 2.84 bits per heavy atom. The molecule has 1 atom stereocenters. The van der Waals surface area contributed by atoms with Gasteiger partial charge in [0.25, 0.3) is 0 Å². The molecule has 136 valence electrons. The van der Waals surface area contributed by atoms with Gasteiger partial charge in [-0.15, -0.1) is 0 Å². The first-order valence-electron chi connectivity index (χ1n) is 8.25. The molecular formula is C17H24N4O4. The lowest BCUT2D eigenvalue weighted by molar-refractivity contribution is -0.131. The Labute approximate surface area is 146 Å². The minimum absolute atomic E-state index is 0.0789. The molecule has 25 heavy (non-hydrogen) atoms. The van der Waals surface area contributed by atoms with E-state index in [-0.39, 0.29) is 30.7 Å². The van der Waals surface area contributed by atoms with Crippen LogP contribution in [0.2, 0.25) is 0 Å². The first-order valence-corrected chi connectivity index (χ1v) is 8.25. The van der Waals surface area contributed by atoms with Gasteiger partial charge in [-0.05, 0) is 11.6 Å². The molecule has 0 radical (unpaired) electrons. The van der Waals surface area contributed by atoms with Gasteiger partial charge < -0.3 is 20.3 Å². The Bertz CT molecular complexity index is 635. The molecule has 8 nitrogen and oxygen atoms in total. The number of carbonyl (C=O) groups is 3. The second kappa shape index (κ2) is 9.12. The highest BCUT2D eigenvalue weighted by molar-refractivity contribution is 5.86. The van der Waals surface area contributed by atoms with E-state index >= 15 is 0 Å². The summed E-state index contributed by atoms with van der Waals surface area (Å²) in [7, 11) is 1.56. The molecule has 2 heterocycles. The van der Waals surface area contributed by atoms with Gasteiger partial charge in [0.2, 0.25) is 17.7 Å². The van der Waals surface area contributed by atoms with Crippen molar-refractivity contribution in [2.75, 3.05) is 33.4 Å². The van der Waals surface area contributed by atoms with Crippen molar-refractivity contribution >= 4 is 17.7 Å². The molecule has 3 amide bonds. The Morgan fingerprint density at radius 1 is 1.32 bits per heavy atom. The lowest BCUT2D eigenvalue weighted by Gasteiger charge is -2.32. The van der Waals surface area contributed by atoms with Crippen LogP contribution in [0.3, 0.4) is 0 Å². The number of amides is 3. The number of hydrogen-bond acceptors (Lipinski definition) is 5. The van der Waals surface area contributed by atoms with Crippen molar-refractivity contribution in [2.24, 2.45) is 0 Å². The number of methoxy groups -OCH3 is 1. The summed E-state index contributed by atoms with van der Waals surface area (Å²) in [5.41, 5.74) is 1.57. The van der Waals surface area contributed by atoms with Crippen LogP contribution in [0.5, 0.6) is 0 Å². The average Bonchev–Trinajstić information content (AvgIpc) is 2.60. The van der Waals surface area contributed by atoms with Crippen LogP contribution >= 0.6 is 0 Å². The van der Waals surface area contributed by atoms with Gasteiger partial charge in [-0.2, -0.15) is 0 Å². The maximum absolute atomic E-state index is 12.5. The van der Waals surface area contributed by atoms with E-state index in [0.29, 0.717) is 31.9 Å². The van der Waals surface area contributed by atoms with E-state index in [9.17, 15) is 14.4 Å². The topological polar surface area (TPSA) is 101 Å². The van der Waals surface area contributed by atoms with Gasteiger partial charge in [-0.3, -0.25) is 19.4 Å². The second-order valence-electron chi connectivity index (χ2n) is 5.88. The molecule has 0 bridgehead atoms. The fourth-order valence-corrected chi connectivity index (χ4v) is 2.73. The van der Waals surface area contributed by atoms with Gasteiger partial charge in [0, 0.05) is 52.8 Å². The van der Waals surface area contributed by atoms with Crippen LogP contribution in [0.25, 0.3) is 0 Å². The van der Waals surface area contributed by atoms with E-state index in [2.05, 4.69) is 15.6 Å². The predicted molar refractivity (Wildman–Crippen MR) is 90.6 cm³/mol. The molecule has 2 N–H and O–H groups in total. The van der Waals surface area contributed by atoms with Crippen LogP contribution in [0, 0.1) is 0 Å². The van der Waals surface area contributed by atoms with Gasteiger partial charge in [0.1, 0.15) is 0 Å². The van der Waals surface area contributed by atoms with Gasteiger partial charge in [0.05, 0.1) is 18.2 Å². The summed E-state index contributed by atoms with van der Waals surface area (Å²) in [5, 5.41) is 5.46. The van der Waals surface area contributed by atoms with Crippen molar-refractivity contribution in [1.82, 2.24) is 20.5 Å². The van der Waals surface area contributed by atoms with Gasteiger partial charge in [-0.1, -0.05) is 6.07 Å². The molecule has 2 rings (SSSR count). The number of nitrogens with one attached hydrogen (secondary N) is 2. The number of aromatic nitrogens is 1. The zero-order chi connectivity index (χ0) is 18.2. The van der Waals surface area contributed by atoms with Gasteiger partial charge in [0.15, 0.2) is 0 Å². The van der Waals surface area contributed by atoms with Crippen molar-refractivity contribution < 1.29 is 19.1 Å². The molecule has 0 fully saturated rings. The summed E-state index contributed by atoms with van der Waals surface area (Å²) < 4.78 is 4.85. The Morgan fingerprint density at radius 2 is 2.12 bits per heavy atom.